The zero-order valence-corrected chi connectivity index (χ0v) is 25.5. The van der Waals surface area contributed by atoms with Crippen molar-refractivity contribution in [2.75, 3.05) is 44.7 Å². The molecule has 4 atom stereocenters. The number of likely N-dealkylation sites (N-methyl/N-ethyl adjacent to an activating group) is 1. The molecular weight excluding hydrogens is 605 g/mol. The fraction of sp³-hybridized carbons (Fsp3) is 0.394. The van der Waals surface area contributed by atoms with Gasteiger partial charge in [-0.3, -0.25) is 14.7 Å². The molecule has 2 aromatic carbocycles. The van der Waals surface area contributed by atoms with Crippen LogP contribution in [0.5, 0.6) is 6.01 Å². The van der Waals surface area contributed by atoms with E-state index < -0.39 is 29.7 Å². The Morgan fingerprint density at radius 3 is 2.80 bits per heavy atom. The van der Waals surface area contributed by atoms with E-state index in [1.807, 2.05) is 18.2 Å². The summed E-state index contributed by atoms with van der Waals surface area (Å²) in [4.78, 5) is 31.0. The molecule has 3 aliphatic heterocycles. The largest absolute Gasteiger partial charge is 0.461 e. The highest BCUT2D eigenvalue weighted by Crippen LogP contribution is 2.41. The maximum atomic E-state index is 16.6. The maximum Gasteiger partial charge on any atom is 0.319 e. The third-order valence-electron chi connectivity index (χ3n) is 9.52. The Bertz CT molecular complexity index is 1820. The second-order valence-electron chi connectivity index (χ2n) is 12.2. The van der Waals surface area contributed by atoms with Gasteiger partial charge in [-0.2, -0.15) is 9.97 Å². The minimum absolute atomic E-state index is 0.0445. The lowest BCUT2D eigenvalue weighted by molar-refractivity contribution is -0.125. The Kier molecular flexibility index (Phi) is 7.56. The van der Waals surface area contributed by atoms with Crippen LogP contribution in [0, 0.1) is 5.82 Å². The fourth-order valence-corrected chi connectivity index (χ4v) is 7.54. The van der Waals surface area contributed by atoms with Crippen molar-refractivity contribution in [1.82, 2.24) is 24.8 Å². The average Bonchev–Trinajstić information content (AvgIpc) is 3.70. The van der Waals surface area contributed by atoms with Gasteiger partial charge in [0.25, 0.3) is 0 Å². The molecule has 3 saturated heterocycles. The lowest BCUT2D eigenvalue weighted by atomic mass is 9.95. The van der Waals surface area contributed by atoms with E-state index in [0.29, 0.717) is 28.9 Å². The van der Waals surface area contributed by atoms with Gasteiger partial charge in [-0.25, -0.2) is 13.2 Å². The molecule has 0 bridgehead atoms. The maximum absolute atomic E-state index is 16.6. The molecule has 0 spiro atoms. The second-order valence-corrected chi connectivity index (χ2v) is 12.6. The Balaban J connectivity index is 1.33. The van der Waals surface area contributed by atoms with Crippen LogP contribution in [0.2, 0.25) is 5.02 Å². The first kappa shape index (κ1) is 29.7. The number of amides is 1. The van der Waals surface area contributed by atoms with Crippen molar-refractivity contribution in [3.05, 3.63) is 66.1 Å². The number of likely N-dealkylation sites (tertiary alicyclic amines) is 1. The Morgan fingerprint density at radius 2 is 2.00 bits per heavy atom. The van der Waals surface area contributed by atoms with Crippen molar-refractivity contribution < 1.29 is 22.7 Å². The van der Waals surface area contributed by atoms with Gasteiger partial charge >= 0.3 is 6.01 Å². The monoisotopic (exact) mass is 636 g/mol. The number of aromatic nitrogens is 3. The molecule has 45 heavy (non-hydrogen) atoms. The van der Waals surface area contributed by atoms with Gasteiger partial charge in [0.05, 0.1) is 23.5 Å². The lowest BCUT2D eigenvalue weighted by Crippen LogP contribution is -2.43. The normalized spacial score (nSPS) is 24.8. The van der Waals surface area contributed by atoms with Crippen molar-refractivity contribution in [1.29, 1.82) is 0 Å². The van der Waals surface area contributed by atoms with E-state index in [-0.39, 0.29) is 54.0 Å². The van der Waals surface area contributed by atoms with E-state index in [9.17, 15) is 9.18 Å². The first-order valence-corrected chi connectivity index (χ1v) is 15.4. The van der Waals surface area contributed by atoms with Crippen LogP contribution >= 0.6 is 11.6 Å². The SMILES string of the molecule is C=CC(=O)N1C[C@@H](F)[C@H](N(C)c2nc(OC[C@@]34CCCN3C[C@H](F)C4)nc3c(F)c(-c4cccc5cccc(Cl)c45)ncc23)C1. The number of hydrogen-bond donors (Lipinski definition) is 0. The third kappa shape index (κ3) is 5.06. The summed E-state index contributed by atoms with van der Waals surface area (Å²) in [6.45, 7) is 4.77. The van der Waals surface area contributed by atoms with Crippen LogP contribution in [0.3, 0.4) is 0 Å². The lowest BCUT2D eigenvalue weighted by Gasteiger charge is -2.31. The topological polar surface area (TPSA) is 74.7 Å². The van der Waals surface area contributed by atoms with E-state index >= 15 is 8.78 Å². The molecule has 0 unspecified atom stereocenters. The van der Waals surface area contributed by atoms with E-state index in [1.165, 1.54) is 11.1 Å². The number of halogens is 4. The zero-order chi connectivity index (χ0) is 31.5. The van der Waals surface area contributed by atoms with Crippen molar-refractivity contribution in [3.8, 4) is 17.3 Å². The standard InChI is InChI=1S/C33H32ClF3N6O2/c1-3-26(44)42-16-24(36)25(17-42)41(2)31-22-14-38-29(21-9-4-7-19-8-5-10-23(34)27(19)21)28(37)30(22)39-32(40-31)45-18-33-11-6-12-43(33)15-20(35)13-33/h3-5,7-10,14,20,24-25H,1,6,11-13,15-18H2,2H3/t20-,24-,25-,33+/m1/s1. The van der Waals surface area contributed by atoms with Crippen molar-refractivity contribution in [3.63, 3.8) is 0 Å². The fourth-order valence-electron chi connectivity index (χ4n) is 7.26. The average molecular weight is 637 g/mol. The molecule has 0 N–H and O–H groups in total. The van der Waals surface area contributed by atoms with Gasteiger partial charge in [0.2, 0.25) is 5.91 Å². The van der Waals surface area contributed by atoms with Crippen molar-refractivity contribution >= 4 is 45.0 Å². The molecule has 0 radical (unpaired) electrons. The van der Waals surface area contributed by atoms with Gasteiger partial charge in [-0.1, -0.05) is 48.5 Å². The Labute approximate surface area is 263 Å². The van der Waals surface area contributed by atoms with Crippen LogP contribution < -0.4 is 9.64 Å². The number of carbonyl (C=O) groups excluding carboxylic acids is 1. The van der Waals surface area contributed by atoms with Gasteiger partial charge < -0.3 is 14.5 Å². The number of ether oxygens (including phenoxy) is 1. The number of anilines is 1. The number of benzene rings is 2. The number of pyridine rings is 1. The molecule has 0 saturated carbocycles. The molecule has 8 nitrogen and oxygen atoms in total. The van der Waals surface area contributed by atoms with Crippen LogP contribution in [0.4, 0.5) is 19.0 Å². The highest BCUT2D eigenvalue weighted by Gasteiger charge is 2.49. The molecule has 12 heteroatoms. The molecule has 2 aromatic heterocycles. The highest BCUT2D eigenvalue weighted by molar-refractivity contribution is 6.36. The van der Waals surface area contributed by atoms with Gasteiger partial charge in [0.1, 0.15) is 36.0 Å². The van der Waals surface area contributed by atoms with E-state index in [0.717, 1.165) is 30.8 Å². The predicted molar refractivity (Wildman–Crippen MR) is 168 cm³/mol. The zero-order valence-electron chi connectivity index (χ0n) is 24.7. The number of rotatable bonds is 7. The van der Waals surface area contributed by atoms with Crippen LogP contribution in [-0.4, -0.2) is 94.4 Å². The van der Waals surface area contributed by atoms with Crippen molar-refractivity contribution in [2.24, 2.45) is 0 Å². The van der Waals surface area contributed by atoms with Gasteiger partial charge in [0, 0.05) is 48.7 Å². The van der Waals surface area contributed by atoms with Crippen LogP contribution in [0.1, 0.15) is 19.3 Å². The molecular formula is C33H32ClF3N6O2. The third-order valence-corrected chi connectivity index (χ3v) is 9.84. The van der Waals surface area contributed by atoms with Crippen LogP contribution in [-0.2, 0) is 4.79 Å². The minimum atomic E-state index is -1.39. The molecule has 4 aromatic rings. The summed E-state index contributed by atoms with van der Waals surface area (Å²) < 4.78 is 52.6. The first-order chi connectivity index (χ1) is 21.7. The summed E-state index contributed by atoms with van der Waals surface area (Å²) in [5.41, 5.74) is 0.000956. The van der Waals surface area contributed by atoms with Crippen LogP contribution in [0.25, 0.3) is 32.9 Å². The van der Waals surface area contributed by atoms with Gasteiger partial charge in [-0.15, -0.1) is 0 Å². The molecule has 7 rings (SSSR count). The van der Waals surface area contributed by atoms with Crippen LogP contribution in [0.15, 0.2) is 55.3 Å². The van der Waals surface area contributed by atoms with E-state index in [4.69, 9.17) is 16.3 Å². The smallest absolute Gasteiger partial charge is 0.319 e. The number of carbonyl (C=O) groups is 1. The quantitative estimate of drug-likeness (QED) is 0.239. The summed E-state index contributed by atoms with van der Waals surface area (Å²) in [5.74, 6) is -0.877. The molecule has 3 fully saturated rings. The highest BCUT2D eigenvalue weighted by atomic mass is 35.5. The predicted octanol–water partition coefficient (Wildman–Crippen LogP) is 5.76. The number of nitrogens with zero attached hydrogens (tertiary/aromatic N) is 6. The summed E-state index contributed by atoms with van der Waals surface area (Å²) >= 11 is 6.56. The second kappa shape index (κ2) is 11.4. The molecule has 5 heterocycles. The molecule has 0 aliphatic carbocycles. The Morgan fingerprint density at radius 1 is 1.20 bits per heavy atom. The molecule has 3 aliphatic rings. The number of alkyl halides is 2. The first-order valence-electron chi connectivity index (χ1n) is 15.0. The van der Waals surface area contributed by atoms with E-state index in [1.54, 1.807) is 30.1 Å². The van der Waals surface area contributed by atoms with E-state index in [2.05, 4.69) is 26.4 Å². The Hall–Kier alpha value is -3.96. The minimum Gasteiger partial charge on any atom is -0.461 e. The summed E-state index contributed by atoms with van der Waals surface area (Å²) in [5, 5.41) is 2.18. The molecule has 234 valence electrons. The number of hydrogen-bond acceptors (Lipinski definition) is 7. The van der Waals surface area contributed by atoms with Gasteiger partial charge in [0.15, 0.2) is 5.82 Å². The number of fused-ring (bicyclic) bond motifs is 3. The molecule has 1 amide bonds. The summed E-state index contributed by atoms with van der Waals surface area (Å²) in [6.07, 6.45) is 2.33. The summed E-state index contributed by atoms with van der Waals surface area (Å²) in [6, 6.07) is 10.0. The van der Waals surface area contributed by atoms with Gasteiger partial charge in [-0.05, 0) is 36.9 Å². The summed E-state index contributed by atoms with van der Waals surface area (Å²) in [7, 11) is 1.64. The van der Waals surface area contributed by atoms with Crippen molar-refractivity contribution in [2.45, 2.75) is 43.2 Å².